The van der Waals surface area contributed by atoms with Crippen LogP contribution in [0.1, 0.15) is 6.92 Å². The van der Waals surface area contributed by atoms with E-state index in [9.17, 15) is 5.11 Å². The van der Waals surface area contributed by atoms with Gasteiger partial charge in [0.05, 0.1) is 11.1 Å². The first-order valence-electron chi connectivity index (χ1n) is 5.88. The molecule has 0 aliphatic heterocycles. The Labute approximate surface area is 126 Å². The zero-order valence-electron chi connectivity index (χ0n) is 11.0. The number of aromatic hydroxyl groups is 1. The summed E-state index contributed by atoms with van der Waals surface area (Å²) in [4.78, 5) is 14.6. The third kappa shape index (κ3) is 3.05. The van der Waals surface area contributed by atoms with E-state index in [-0.39, 0.29) is 16.7 Å². The van der Waals surface area contributed by atoms with Crippen molar-refractivity contribution < 1.29 is 5.11 Å². The van der Waals surface area contributed by atoms with Gasteiger partial charge in [-0.2, -0.15) is 0 Å². The second-order valence-corrected chi connectivity index (χ2v) is 5.40. The molecular formula is C12H14ClN5OS. The van der Waals surface area contributed by atoms with Crippen LogP contribution in [-0.2, 0) is 0 Å². The van der Waals surface area contributed by atoms with Gasteiger partial charge in [0.1, 0.15) is 10.2 Å². The number of rotatable bonds is 4. The minimum absolute atomic E-state index is 0.0954. The largest absolute Gasteiger partial charge is 0.503 e. The second kappa shape index (κ2) is 6.15. The molecule has 0 atom stereocenters. The van der Waals surface area contributed by atoms with Crippen LogP contribution in [0.3, 0.4) is 0 Å². The van der Waals surface area contributed by atoms with Gasteiger partial charge in [0.2, 0.25) is 0 Å². The lowest BCUT2D eigenvalue weighted by Crippen LogP contribution is -2.17. The summed E-state index contributed by atoms with van der Waals surface area (Å²) >= 11 is 6.93. The second-order valence-electron chi connectivity index (χ2n) is 3.98. The van der Waals surface area contributed by atoms with Gasteiger partial charge >= 0.3 is 0 Å². The van der Waals surface area contributed by atoms with Gasteiger partial charge in [0.15, 0.2) is 17.4 Å². The molecule has 0 saturated carbocycles. The number of hydrogen-bond acceptors (Lipinski definition) is 7. The summed E-state index contributed by atoms with van der Waals surface area (Å²) in [6, 6.07) is 1.70. The highest BCUT2D eigenvalue weighted by molar-refractivity contribution is 7.99. The molecule has 6 nitrogen and oxygen atoms in total. The molecule has 0 fully saturated rings. The Hall–Kier alpha value is -1.73. The van der Waals surface area contributed by atoms with Crippen molar-refractivity contribution >= 4 is 35.0 Å². The van der Waals surface area contributed by atoms with E-state index >= 15 is 0 Å². The maximum absolute atomic E-state index is 10.3. The Kier molecular flexibility index (Phi) is 4.51. The van der Waals surface area contributed by atoms with Crippen LogP contribution in [0.4, 0.5) is 11.6 Å². The van der Waals surface area contributed by atoms with Gasteiger partial charge in [0.25, 0.3) is 0 Å². The molecule has 0 bridgehead atoms. The van der Waals surface area contributed by atoms with E-state index in [0.717, 1.165) is 6.54 Å². The topological polar surface area (TPSA) is 88.2 Å². The van der Waals surface area contributed by atoms with Crippen molar-refractivity contribution in [1.29, 1.82) is 0 Å². The Balaban J connectivity index is 2.34. The van der Waals surface area contributed by atoms with E-state index < -0.39 is 0 Å². The molecule has 3 N–H and O–H groups in total. The molecule has 0 amide bonds. The highest BCUT2D eigenvalue weighted by Crippen LogP contribution is 2.39. The number of nitrogen functional groups attached to an aromatic ring is 1. The molecular weight excluding hydrogens is 298 g/mol. The zero-order valence-corrected chi connectivity index (χ0v) is 12.6. The van der Waals surface area contributed by atoms with Crippen molar-refractivity contribution in [2.75, 3.05) is 24.2 Å². The van der Waals surface area contributed by atoms with Crippen LogP contribution in [0.2, 0.25) is 5.15 Å². The molecule has 0 spiro atoms. The van der Waals surface area contributed by atoms with Crippen molar-refractivity contribution in [2.45, 2.75) is 16.8 Å². The highest BCUT2D eigenvalue weighted by Gasteiger charge is 2.14. The fourth-order valence-electron chi connectivity index (χ4n) is 1.49. The standard InChI is InChI=1S/C12H14ClN5OS/c1-3-18(2)11-9(19)7(4-5-15-11)20-12-10(14)17-8(13)6-16-12/h4-6,19H,3H2,1-2H3,(H2,14,17). The Morgan fingerprint density at radius 1 is 1.45 bits per heavy atom. The normalized spacial score (nSPS) is 10.6. The monoisotopic (exact) mass is 311 g/mol. The van der Waals surface area contributed by atoms with Crippen LogP contribution < -0.4 is 10.6 Å². The lowest BCUT2D eigenvalue weighted by Gasteiger charge is -2.18. The summed E-state index contributed by atoms with van der Waals surface area (Å²) in [7, 11) is 1.85. The summed E-state index contributed by atoms with van der Waals surface area (Å²) in [6.07, 6.45) is 3.04. The fourth-order valence-corrected chi connectivity index (χ4v) is 2.41. The van der Waals surface area contributed by atoms with Gasteiger partial charge < -0.3 is 15.7 Å². The maximum Gasteiger partial charge on any atom is 0.172 e. The molecule has 2 aromatic rings. The van der Waals surface area contributed by atoms with Gasteiger partial charge in [-0.3, -0.25) is 0 Å². The highest BCUT2D eigenvalue weighted by atomic mass is 35.5. The number of anilines is 2. The first kappa shape index (κ1) is 14.7. The van der Waals surface area contributed by atoms with Crippen LogP contribution in [0.15, 0.2) is 28.4 Å². The molecule has 2 heterocycles. The Bertz CT molecular complexity index is 625. The number of aromatic nitrogens is 3. The van der Waals surface area contributed by atoms with Crippen molar-refractivity contribution in [3.63, 3.8) is 0 Å². The molecule has 106 valence electrons. The predicted molar refractivity (Wildman–Crippen MR) is 80.4 cm³/mol. The first-order chi connectivity index (χ1) is 9.52. The van der Waals surface area contributed by atoms with Gasteiger partial charge in [0, 0.05) is 19.8 Å². The summed E-state index contributed by atoms with van der Waals surface area (Å²) in [5, 5.41) is 11.0. The average molecular weight is 312 g/mol. The van der Waals surface area contributed by atoms with E-state index in [4.69, 9.17) is 17.3 Å². The maximum atomic E-state index is 10.3. The molecule has 0 radical (unpaired) electrons. The van der Waals surface area contributed by atoms with Gasteiger partial charge in [-0.05, 0) is 13.0 Å². The number of pyridine rings is 1. The molecule has 0 unspecified atom stereocenters. The SMILES string of the molecule is CCN(C)c1nccc(Sc2ncc(Cl)nc2N)c1O. The smallest absolute Gasteiger partial charge is 0.172 e. The third-order valence-corrected chi connectivity index (χ3v) is 3.88. The van der Waals surface area contributed by atoms with Crippen LogP contribution in [-0.4, -0.2) is 33.7 Å². The summed E-state index contributed by atoms with van der Waals surface area (Å²) < 4.78 is 0. The predicted octanol–water partition coefficient (Wildman–Crippen LogP) is 2.42. The summed E-state index contributed by atoms with van der Waals surface area (Å²) in [6.45, 7) is 2.71. The molecule has 0 aliphatic rings. The minimum Gasteiger partial charge on any atom is -0.503 e. The first-order valence-corrected chi connectivity index (χ1v) is 7.07. The van der Waals surface area contributed by atoms with Crippen LogP contribution in [0.25, 0.3) is 0 Å². The van der Waals surface area contributed by atoms with Crippen molar-refractivity contribution in [3.8, 4) is 5.75 Å². The molecule has 2 aromatic heterocycles. The van der Waals surface area contributed by atoms with Crippen molar-refractivity contribution in [2.24, 2.45) is 0 Å². The van der Waals surface area contributed by atoms with E-state index in [0.29, 0.717) is 15.7 Å². The van der Waals surface area contributed by atoms with Crippen molar-refractivity contribution in [1.82, 2.24) is 15.0 Å². The summed E-state index contributed by atoms with van der Waals surface area (Å²) in [5.74, 6) is 0.833. The Morgan fingerprint density at radius 3 is 2.85 bits per heavy atom. The Morgan fingerprint density at radius 2 is 2.20 bits per heavy atom. The van der Waals surface area contributed by atoms with E-state index in [2.05, 4.69) is 15.0 Å². The molecule has 0 aliphatic carbocycles. The van der Waals surface area contributed by atoms with E-state index in [1.54, 1.807) is 12.3 Å². The molecule has 0 aromatic carbocycles. The van der Waals surface area contributed by atoms with Gasteiger partial charge in [-0.1, -0.05) is 23.4 Å². The number of nitrogens with two attached hydrogens (primary N) is 1. The fraction of sp³-hybridized carbons (Fsp3) is 0.250. The molecule has 8 heteroatoms. The van der Waals surface area contributed by atoms with Gasteiger partial charge in [-0.15, -0.1) is 0 Å². The number of hydrogen-bond donors (Lipinski definition) is 2. The van der Waals surface area contributed by atoms with E-state index in [1.165, 1.54) is 18.0 Å². The quantitative estimate of drug-likeness (QED) is 0.896. The van der Waals surface area contributed by atoms with Crippen molar-refractivity contribution in [3.05, 3.63) is 23.6 Å². The molecule has 2 rings (SSSR count). The van der Waals surface area contributed by atoms with Gasteiger partial charge in [-0.25, -0.2) is 15.0 Å². The molecule has 0 saturated heterocycles. The third-order valence-electron chi connectivity index (χ3n) is 2.65. The van der Waals surface area contributed by atoms with Crippen LogP contribution in [0.5, 0.6) is 5.75 Å². The van der Waals surface area contributed by atoms with Crippen LogP contribution in [0, 0.1) is 0 Å². The molecule has 20 heavy (non-hydrogen) atoms. The summed E-state index contributed by atoms with van der Waals surface area (Å²) in [5.41, 5.74) is 5.76. The van der Waals surface area contributed by atoms with E-state index in [1.807, 2.05) is 18.9 Å². The van der Waals surface area contributed by atoms with Crippen LogP contribution >= 0.6 is 23.4 Å². The zero-order chi connectivity index (χ0) is 14.7. The average Bonchev–Trinajstić information content (AvgIpc) is 2.43. The lowest BCUT2D eigenvalue weighted by atomic mass is 10.4. The minimum atomic E-state index is 0.0954. The lowest BCUT2D eigenvalue weighted by molar-refractivity contribution is 0.459. The number of halogens is 1. The number of nitrogens with zero attached hydrogens (tertiary/aromatic N) is 4.